The number of benzene rings is 1. The van der Waals surface area contributed by atoms with E-state index in [-0.39, 0.29) is 0 Å². The van der Waals surface area contributed by atoms with E-state index in [0.29, 0.717) is 5.92 Å². The fourth-order valence-electron chi connectivity index (χ4n) is 3.23. The van der Waals surface area contributed by atoms with E-state index in [1.165, 1.54) is 12.8 Å². The van der Waals surface area contributed by atoms with Crippen LogP contribution in [0, 0.1) is 12.8 Å². The lowest BCUT2D eigenvalue weighted by Gasteiger charge is -2.38. The van der Waals surface area contributed by atoms with Gasteiger partial charge in [-0.1, -0.05) is 38.0 Å². The number of carbonyl (C=O) groups is 1. The van der Waals surface area contributed by atoms with Gasteiger partial charge in [0.25, 0.3) is 0 Å². The van der Waals surface area contributed by atoms with E-state index < -0.39 is 11.5 Å². The summed E-state index contributed by atoms with van der Waals surface area (Å²) < 4.78 is 0. The van der Waals surface area contributed by atoms with Gasteiger partial charge in [0.15, 0.2) is 0 Å². The number of para-hydroxylation sites is 1. The number of carboxylic acids is 1. The molecular formula is C17H25NO2. The smallest absolute Gasteiger partial charge is 0.329 e. The Morgan fingerprint density at radius 1 is 1.35 bits per heavy atom. The summed E-state index contributed by atoms with van der Waals surface area (Å²) in [6, 6.07) is 7.92. The molecule has 0 aromatic heterocycles. The molecule has 20 heavy (non-hydrogen) atoms. The lowest BCUT2D eigenvalue weighted by atomic mass is 9.75. The predicted molar refractivity (Wildman–Crippen MR) is 82.0 cm³/mol. The van der Waals surface area contributed by atoms with Crippen molar-refractivity contribution in [2.24, 2.45) is 5.92 Å². The minimum Gasteiger partial charge on any atom is -0.480 e. The number of aryl methyl sites for hydroxylation is 1. The topological polar surface area (TPSA) is 49.3 Å². The van der Waals surface area contributed by atoms with Gasteiger partial charge in [-0.3, -0.25) is 0 Å². The monoisotopic (exact) mass is 275 g/mol. The van der Waals surface area contributed by atoms with Crippen LogP contribution >= 0.6 is 0 Å². The molecule has 3 heteroatoms. The second-order valence-electron chi connectivity index (χ2n) is 6.06. The molecule has 0 heterocycles. The average Bonchev–Trinajstić information content (AvgIpc) is 2.44. The highest BCUT2D eigenvalue weighted by molar-refractivity contribution is 5.83. The Balaban J connectivity index is 2.12. The molecule has 0 aliphatic heterocycles. The van der Waals surface area contributed by atoms with Gasteiger partial charge >= 0.3 is 5.97 Å². The quantitative estimate of drug-likeness (QED) is 0.845. The summed E-state index contributed by atoms with van der Waals surface area (Å²) in [5.74, 6) is -0.0122. The lowest BCUT2D eigenvalue weighted by molar-refractivity contribution is -0.143. The van der Waals surface area contributed by atoms with Gasteiger partial charge in [0.2, 0.25) is 0 Å². The predicted octanol–water partition coefficient (Wildman–Crippen LogP) is 4.22. The Morgan fingerprint density at radius 3 is 2.55 bits per heavy atom. The second kappa shape index (κ2) is 6.29. The number of carboxylic acid groups (broad SMARTS) is 1. The van der Waals surface area contributed by atoms with Crippen LogP contribution in [-0.4, -0.2) is 16.6 Å². The van der Waals surface area contributed by atoms with Crippen molar-refractivity contribution in [3.63, 3.8) is 0 Å². The van der Waals surface area contributed by atoms with Crippen molar-refractivity contribution in [2.45, 2.75) is 57.9 Å². The first-order chi connectivity index (χ1) is 9.57. The molecule has 110 valence electrons. The normalized spacial score (nSPS) is 26.2. The van der Waals surface area contributed by atoms with Crippen LogP contribution in [-0.2, 0) is 4.79 Å². The Morgan fingerprint density at radius 2 is 2.00 bits per heavy atom. The molecule has 0 bridgehead atoms. The van der Waals surface area contributed by atoms with E-state index in [1.54, 1.807) is 0 Å². The van der Waals surface area contributed by atoms with E-state index >= 15 is 0 Å². The Bertz CT molecular complexity index is 462. The van der Waals surface area contributed by atoms with Crippen LogP contribution in [0.25, 0.3) is 0 Å². The molecule has 3 nitrogen and oxygen atoms in total. The molecule has 0 saturated heterocycles. The molecule has 1 aromatic carbocycles. The number of rotatable bonds is 5. The first kappa shape index (κ1) is 14.9. The van der Waals surface area contributed by atoms with Crippen molar-refractivity contribution in [2.75, 3.05) is 5.32 Å². The Hall–Kier alpha value is -1.51. The second-order valence-corrected chi connectivity index (χ2v) is 6.06. The van der Waals surface area contributed by atoms with Gasteiger partial charge < -0.3 is 10.4 Å². The lowest BCUT2D eigenvalue weighted by Crippen LogP contribution is -2.49. The summed E-state index contributed by atoms with van der Waals surface area (Å²) in [6.07, 6.45) is 5.89. The maximum absolute atomic E-state index is 11.8. The van der Waals surface area contributed by atoms with Crippen LogP contribution in [0.15, 0.2) is 24.3 Å². The average molecular weight is 275 g/mol. The maximum Gasteiger partial charge on any atom is 0.329 e. The molecular weight excluding hydrogens is 250 g/mol. The first-order valence-electron chi connectivity index (χ1n) is 7.64. The summed E-state index contributed by atoms with van der Waals surface area (Å²) in [5, 5.41) is 13.0. The first-order valence-corrected chi connectivity index (χ1v) is 7.64. The molecule has 1 aliphatic rings. The number of anilines is 1. The van der Waals surface area contributed by atoms with Crippen LogP contribution < -0.4 is 5.32 Å². The molecule has 1 aliphatic carbocycles. The molecule has 1 fully saturated rings. The third kappa shape index (κ3) is 3.14. The fourth-order valence-corrected chi connectivity index (χ4v) is 3.23. The van der Waals surface area contributed by atoms with Crippen LogP contribution in [0.2, 0.25) is 0 Å². The number of nitrogens with one attached hydrogen (secondary N) is 1. The maximum atomic E-state index is 11.8. The summed E-state index contributed by atoms with van der Waals surface area (Å²) in [7, 11) is 0. The van der Waals surface area contributed by atoms with Gasteiger partial charge in [-0.2, -0.15) is 0 Å². The summed E-state index contributed by atoms with van der Waals surface area (Å²) in [6.45, 7) is 4.21. The zero-order valence-corrected chi connectivity index (χ0v) is 12.5. The van der Waals surface area contributed by atoms with Gasteiger partial charge in [-0.05, 0) is 50.2 Å². The summed E-state index contributed by atoms with van der Waals surface area (Å²) in [5.41, 5.74) is 1.27. The zero-order valence-electron chi connectivity index (χ0n) is 12.5. The van der Waals surface area contributed by atoms with E-state index in [4.69, 9.17) is 0 Å². The van der Waals surface area contributed by atoms with Crippen molar-refractivity contribution < 1.29 is 9.90 Å². The number of hydrogen-bond donors (Lipinski definition) is 2. The van der Waals surface area contributed by atoms with Gasteiger partial charge in [-0.25, -0.2) is 4.79 Å². The summed E-state index contributed by atoms with van der Waals surface area (Å²) >= 11 is 0. The van der Waals surface area contributed by atoms with Crippen LogP contribution in [0.1, 0.15) is 51.0 Å². The molecule has 2 N–H and O–H groups in total. The molecule has 0 spiro atoms. The molecule has 0 radical (unpaired) electrons. The van der Waals surface area contributed by atoms with E-state index in [2.05, 4.69) is 12.2 Å². The highest BCUT2D eigenvalue weighted by Crippen LogP contribution is 2.37. The van der Waals surface area contributed by atoms with Gasteiger partial charge in [0.05, 0.1) is 0 Å². The minimum atomic E-state index is -0.781. The molecule has 1 aromatic rings. The largest absolute Gasteiger partial charge is 0.480 e. The summed E-state index contributed by atoms with van der Waals surface area (Å²) in [4.78, 5) is 11.8. The fraction of sp³-hybridized carbons (Fsp3) is 0.588. The van der Waals surface area contributed by atoms with Crippen molar-refractivity contribution in [3.05, 3.63) is 29.8 Å². The zero-order chi connectivity index (χ0) is 14.6. The highest BCUT2D eigenvalue weighted by atomic mass is 16.4. The molecule has 0 amide bonds. The van der Waals surface area contributed by atoms with Crippen LogP contribution in [0.3, 0.4) is 0 Å². The van der Waals surface area contributed by atoms with Gasteiger partial charge in [0, 0.05) is 5.69 Å². The molecule has 0 unspecified atom stereocenters. The third-order valence-electron chi connectivity index (χ3n) is 4.58. The van der Waals surface area contributed by atoms with Crippen LogP contribution in [0.4, 0.5) is 5.69 Å². The highest BCUT2D eigenvalue weighted by Gasteiger charge is 2.41. The molecule has 0 atom stereocenters. The number of hydrogen-bond acceptors (Lipinski definition) is 2. The van der Waals surface area contributed by atoms with Crippen molar-refractivity contribution in [3.8, 4) is 0 Å². The minimum absolute atomic E-state index is 0.700. The van der Waals surface area contributed by atoms with E-state index in [9.17, 15) is 9.90 Å². The van der Waals surface area contributed by atoms with Crippen molar-refractivity contribution in [1.82, 2.24) is 0 Å². The Labute approximate surface area is 121 Å². The van der Waals surface area contributed by atoms with Gasteiger partial charge in [-0.15, -0.1) is 0 Å². The van der Waals surface area contributed by atoms with Crippen LogP contribution in [0.5, 0.6) is 0 Å². The SMILES string of the molecule is CCCC1CCC(Nc2ccccc2C)(C(=O)O)CC1. The molecule has 2 rings (SSSR count). The third-order valence-corrected chi connectivity index (χ3v) is 4.58. The van der Waals surface area contributed by atoms with Crippen molar-refractivity contribution >= 4 is 11.7 Å². The van der Waals surface area contributed by atoms with Crippen molar-refractivity contribution in [1.29, 1.82) is 0 Å². The molecule has 1 saturated carbocycles. The Kier molecular flexibility index (Phi) is 4.69. The number of aliphatic carboxylic acids is 1. The van der Waals surface area contributed by atoms with E-state index in [0.717, 1.165) is 36.9 Å². The standard InChI is InChI=1S/C17H25NO2/c1-3-6-14-9-11-17(12-10-14,16(19)20)18-15-8-5-4-7-13(15)2/h4-5,7-8,14,18H,3,6,9-12H2,1-2H3,(H,19,20). The van der Waals surface area contributed by atoms with Gasteiger partial charge in [0.1, 0.15) is 5.54 Å². The van der Waals surface area contributed by atoms with E-state index in [1.807, 2.05) is 31.2 Å².